The molecule has 4 aromatic carbocycles. The van der Waals surface area contributed by atoms with Gasteiger partial charge in [-0.1, -0.05) is 60.7 Å². The normalized spacial score (nSPS) is 20.8. The molecule has 4 aromatic rings. The summed E-state index contributed by atoms with van der Waals surface area (Å²) in [5.41, 5.74) is 15.0. The van der Waals surface area contributed by atoms with Gasteiger partial charge in [-0.05, 0) is 96.4 Å². The number of benzene rings is 4. The Bertz CT molecular complexity index is 2180. The van der Waals surface area contributed by atoms with Crippen LogP contribution in [-0.4, -0.2) is 50.8 Å². The van der Waals surface area contributed by atoms with Crippen molar-refractivity contribution in [1.29, 1.82) is 0 Å². The maximum atomic E-state index is 14.4. The van der Waals surface area contributed by atoms with Crippen LogP contribution in [0.1, 0.15) is 47.6 Å². The minimum Gasteiger partial charge on any atom is -0.341 e. The van der Waals surface area contributed by atoms with E-state index in [1.54, 1.807) is 6.92 Å². The van der Waals surface area contributed by atoms with Crippen LogP contribution >= 0.6 is 0 Å². The van der Waals surface area contributed by atoms with Crippen LogP contribution in [0, 0.1) is 5.92 Å². The summed E-state index contributed by atoms with van der Waals surface area (Å²) in [5, 5.41) is 0. The molecule has 0 spiro atoms. The molecule has 0 N–H and O–H groups in total. The van der Waals surface area contributed by atoms with Crippen molar-refractivity contribution in [3.63, 3.8) is 0 Å². The number of para-hydroxylation sites is 2. The molecule has 1 fully saturated rings. The quantitative estimate of drug-likeness (QED) is 0.204. The molecule has 2 aliphatic carbocycles. The zero-order chi connectivity index (χ0) is 33.1. The molecule has 0 saturated carbocycles. The standard InChI is InChI=1S/C43H40N3O2S/c1-29(47)30-18-22-44(23-19-30)49(48)42-13-7-4-10-39(42)43-37-16-14-35(45-24-20-31-8-2-5-11-40(31)45)27-33(37)26-34-28-36(15-17-38(34)43)46-25-21-32-9-3-6-12-41(32)46/h2-17,27-28,30H,18-26H2,1H3/q+1. The van der Waals surface area contributed by atoms with Crippen LogP contribution in [-0.2, 0) is 35.0 Å². The average molecular weight is 663 g/mol. The maximum Gasteiger partial charge on any atom is 0.209 e. The SMILES string of the molecule is CC(=O)C1CCN(S(=O)c2ccccc2C2=C3C=CC(=[N+]4CCc5ccccc54)C=C3Cc3cc(N4CCc5ccccc54)ccc32)CC1. The second-order valence-corrected chi connectivity index (χ2v) is 15.3. The number of allylic oxidation sites excluding steroid dienone is 5. The number of anilines is 2. The molecule has 49 heavy (non-hydrogen) atoms. The van der Waals surface area contributed by atoms with Crippen molar-refractivity contribution >= 4 is 45.1 Å². The zero-order valence-corrected chi connectivity index (χ0v) is 28.7. The van der Waals surface area contributed by atoms with Crippen LogP contribution < -0.4 is 4.90 Å². The predicted octanol–water partition coefficient (Wildman–Crippen LogP) is 7.90. The summed E-state index contributed by atoms with van der Waals surface area (Å²) in [5.74, 6) is 0.314. The van der Waals surface area contributed by atoms with Crippen LogP contribution in [0.25, 0.3) is 5.57 Å². The molecular formula is C43H40N3O2S+. The molecule has 0 radical (unpaired) electrons. The van der Waals surface area contributed by atoms with E-state index in [4.69, 9.17) is 0 Å². The Labute approximate surface area is 291 Å². The fourth-order valence-corrected chi connectivity index (χ4v) is 9.90. The molecule has 1 atom stereocenters. The molecule has 3 aliphatic heterocycles. The molecule has 3 heterocycles. The van der Waals surface area contributed by atoms with E-state index in [1.807, 2.05) is 12.1 Å². The van der Waals surface area contributed by atoms with Crippen molar-refractivity contribution in [2.45, 2.75) is 43.9 Å². The number of piperidine rings is 1. The van der Waals surface area contributed by atoms with Gasteiger partial charge in [-0.15, -0.1) is 0 Å². The van der Waals surface area contributed by atoms with Crippen molar-refractivity contribution in [2.24, 2.45) is 5.92 Å². The first-order valence-electron chi connectivity index (χ1n) is 17.6. The number of fused-ring (bicyclic) bond motifs is 4. The maximum absolute atomic E-state index is 14.4. The molecule has 6 heteroatoms. The smallest absolute Gasteiger partial charge is 0.209 e. The van der Waals surface area contributed by atoms with Gasteiger partial charge in [-0.3, -0.25) is 4.79 Å². The molecule has 0 aromatic heterocycles. The van der Waals surface area contributed by atoms with Gasteiger partial charge in [0, 0.05) is 72.7 Å². The number of hydrogen-bond donors (Lipinski definition) is 0. The fourth-order valence-electron chi connectivity index (χ4n) is 8.52. The van der Waals surface area contributed by atoms with Gasteiger partial charge in [0.15, 0.2) is 6.54 Å². The molecular weight excluding hydrogens is 623 g/mol. The van der Waals surface area contributed by atoms with Crippen molar-refractivity contribution in [2.75, 3.05) is 31.1 Å². The Morgan fingerprint density at radius 3 is 2.43 bits per heavy atom. The third kappa shape index (κ3) is 5.29. The summed E-state index contributed by atoms with van der Waals surface area (Å²) >= 11 is 0. The number of rotatable bonds is 5. The summed E-state index contributed by atoms with van der Waals surface area (Å²) in [6, 6.07) is 32.7. The fraction of sp³-hybridized carbons (Fsp3) is 0.256. The van der Waals surface area contributed by atoms with Gasteiger partial charge < -0.3 is 4.90 Å². The van der Waals surface area contributed by atoms with Crippen molar-refractivity contribution in [3.05, 3.63) is 148 Å². The number of ketones is 1. The van der Waals surface area contributed by atoms with E-state index < -0.39 is 11.0 Å². The highest BCUT2D eigenvalue weighted by molar-refractivity contribution is 7.82. The molecule has 5 aliphatic rings. The highest BCUT2D eigenvalue weighted by Crippen LogP contribution is 2.45. The Morgan fingerprint density at radius 1 is 0.796 bits per heavy atom. The highest BCUT2D eigenvalue weighted by atomic mass is 32.2. The minimum absolute atomic E-state index is 0.0727. The van der Waals surface area contributed by atoms with Gasteiger partial charge in [-0.2, -0.15) is 4.58 Å². The Kier molecular flexibility index (Phi) is 7.66. The van der Waals surface area contributed by atoms with Crippen LogP contribution in [0.2, 0.25) is 0 Å². The lowest BCUT2D eigenvalue weighted by molar-refractivity contribution is -0.427. The van der Waals surface area contributed by atoms with Gasteiger partial charge in [0.1, 0.15) is 16.8 Å². The topological polar surface area (TPSA) is 43.6 Å². The van der Waals surface area contributed by atoms with Crippen LogP contribution in [0.15, 0.2) is 125 Å². The molecule has 0 bridgehead atoms. The molecule has 1 unspecified atom stereocenters. The van der Waals surface area contributed by atoms with Crippen molar-refractivity contribution < 1.29 is 13.6 Å². The van der Waals surface area contributed by atoms with Gasteiger partial charge in [-0.25, -0.2) is 8.51 Å². The van der Waals surface area contributed by atoms with Crippen molar-refractivity contribution in [3.8, 4) is 0 Å². The Morgan fingerprint density at radius 2 is 1.57 bits per heavy atom. The first-order chi connectivity index (χ1) is 24.0. The summed E-state index contributed by atoms with van der Waals surface area (Å²) in [7, 11) is -1.34. The third-order valence-corrected chi connectivity index (χ3v) is 12.7. The summed E-state index contributed by atoms with van der Waals surface area (Å²) < 4.78 is 18.9. The number of carbonyl (C=O) groups is 1. The first-order valence-corrected chi connectivity index (χ1v) is 18.8. The van der Waals surface area contributed by atoms with Crippen molar-refractivity contribution in [1.82, 2.24) is 4.31 Å². The summed E-state index contributed by atoms with van der Waals surface area (Å²) in [4.78, 5) is 15.4. The monoisotopic (exact) mass is 662 g/mol. The molecule has 9 rings (SSSR count). The lowest BCUT2D eigenvalue weighted by atomic mass is 9.77. The zero-order valence-electron chi connectivity index (χ0n) is 27.9. The Balaban J connectivity index is 1.17. The second kappa shape index (κ2) is 12.3. The van der Waals surface area contributed by atoms with E-state index in [2.05, 4.69) is 111 Å². The van der Waals surface area contributed by atoms with E-state index in [1.165, 1.54) is 56.2 Å². The summed E-state index contributed by atoms with van der Waals surface area (Å²) in [6.07, 6.45) is 11.4. The van der Waals surface area contributed by atoms with Gasteiger partial charge in [0.2, 0.25) is 11.4 Å². The van der Waals surface area contributed by atoms with Crippen LogP contribution in [0.4, 0.5) is 17.1 Å². The van der Waals surface area contributed by atoms with E-state index >= 15 is 0 Å². The van der Waals surface area contributed by atoms with Crippen LogP contribution in [0.5, 0.6) is 0 Å². The molecule has 0 amide bonds. The number of Topliss-reactive ketones (excluding diaryl/α,β-unsaturated/α-hetero) is 1. The average Bonchev–Trinajstić information content (AvgIpc) is 3.78. The molecule has 1 saturated heterocycles. The number of carbonyl (C=O) groups excluding carboxylic acids is 1. The second-order valence-electron chi connectivity index (χ2n) is 13.9. The Hall–Kier alpha value is -4.65. The van der Waals surface area contributed by atoms with E-state index in [0.717, 1.165) is 61.2 Å². The number of hydrogen-bond acceptors (Lipinski definition) is 3. The molecule has 244 valence electrons. The minimum atomic E-state index is -1.34. The lowest BCUT2D eigenvalue weighted by Gasteiger charge is -2.32. The number of nitrogens with zero attached hydrogens (tertiary/aromatic N) is 3. The first kappa shape index (κ1) is 30.4. The lowest BCUT2D eigenvalue weighted by Crippen LogP contribution is -2.37. The van der Waals surface area contributed by atoms with Gasteiger partial charge >= 0.3 is 0 Å². The van der Waals surface area contributed by atoms with E-state index in [0.29, 0.717) is 13.1 Å². The van der Waals surface area contributed by atoms with Gasteiger partial charge in [0.05, 0.1) is 4.90 Å². The van der Waals surface area contributed by atoms with Crippen LogP contribution in [0.3, 0.4) is 0 Å². The third-order valence-electron chi connectivity index (χ3n) is 11.1. The molecule has 5 nitrogen and oxygen atoms in total. The highest BCUT2D eigenvalue weighted by Gasteiger charge is 2.33. The largest absolute Gasteiger partial charge is 0.341 e. The predicted molar refractivity (Wildman–Crippen MR) is 198 cm³/mol. The van der Waals surface area contributed by atoms with E-state index in [9.17, 15) is 9.00 Å². The van der Waals surface area contributed by atoms with Gasteiger partial charge in [0.25, 0.3) is 0 Å². The van der Waals surface area contributed by atoms with E-state index in [-0.39, 0.29) is 11.7 Å². The summed E-state index contributed by atoms with van der Waals surface area (Å²) in [6.45, 7) is 4.96.